The van der Waals surface area contributed by atoms with Gasteiger partial charge in [0.15, 0.2) is 6.73 Å². The minimum Gasteiger partial charge on any atom is -0.471 e. The predicted octanol–water partition coefficient (Wildman–Crippen LogP) is 1.94. The second-order valence-corrected chi connectivity index (χ2v) is 6.57. The molecule has 1 N–H and O–H groups in total. The number of nitrogens with one attached hydrogen (secondary N) is 1. The molecule has 140 valence electrons. The molecule has 7 nitrogen and oxygen atoms in total. The van der Waals surface area contributed by atoms with Crippen molar-refractivity contribution >= 4 is 17.5 Å². The van der Waals surface area contributed by atoms with Gasteiger partial charge in [0, 0.05) is 37.4 Å². The summed E-state index contributed by atoms with van der Waals surface area (Å²) in [7, 11) is 0. The molecule has 0 spiro atoms. The molecule has 0 saturated carbocycles. The maximum absolute atomic E-state index is 12.2. The van der Waals surface area contributed by atoms with Crippen molar-refractivity contribution in [3.63, 3.8) is 0 Å². The van der Waals surface area contributed by atoms with Gasteiger partial charge in [0.2, 0.25) is 0 Å². The molecule has 1 amide bonds. The molecule has 8 heteroatoms. The quantitative estimate of drug-likeness (QED) is 0.797. The lowest BCUT2D eigenvalue weighted by molar-refractivity contribution is 0.0383. The predicted molar refractivity (Wildman–Crippen MR) is 98.6 cm³/mol. The molecule has 1 aromatic carbocycles. The van der Waals surface area contributed by atoms with Gasteiger partial charge in [-0.3, -0.25) is 9.69 Å². The van der Waals surface area contributed by atoms with Crippen LogP contribution >= 0.6 is 11.6 Å². The largest absolute Gasteiger partial charge is 0.471 e. The van der Waals surface area contributed by atoms with Crippen LogP contribution in [0.15, 0.2) is 30.5 Å². The van der Waals surface area contributed by atoms with Crippen molar-refractivity contribution in [2.75, 3.05) is 39.4 Å². The van der Waals surface area contributed by atoms with Crippen LogP contribution in [0.5, 0.6) is 5.75 Å². The Morgan fingerprint density at radius 2 is 2.15 bits per heavy atom. The number of aryl methyl sites for hydroxylation is 1. The lowest BCUT2D eigenvalue weighted by Crippen LogP contribution is -2.41. The standard InChI is InChI=1S/C18H23ClN4O3/c1-14-12-15(19)2-3-17(14)26-13-23-6-4-16(21-23)18(24)20-5-7-22-8-10-25-11-9-22/h2-4,6,12H,5,7-11,13H2,1H3,(H,20,24). The van der Waals surface area contributed by atoms with Crippen LogP contribution in [0, 0.1) is 6.92 Å². The third kappa shape index (κ3) is 5.20. The summed E-state index contributed by atoms with van der Waals surface area (Å²) in [5.41, 5.74) is 1.33. The van der Waals surface area contributed by atoms with Crippen molar-refractivity contribution in [1.29, 1.82) is 0 Å². The Labute approximate surface area is 157 Å². The lowest BCUT2D eigenvalue weighted by atomic mass is 10.2. The number of morpholine rings is 1. The number of hydrogen-bond acceptors (Lipinski definition) is 5. The number of ether oxygens (including phenoxy) is 2. The van der Waals surface area contributed by atoms with E-state index in [-0.39, 0.29) is 12.6 Å². The zero-order valence-electron chi connectivity index (χ0n) is 14.8. The van der Waals surface area contributed by atoms with Crippen LogP contribution in [0.2, 0.25) is 5.02 Å². The first kappa shape index (κ1) is 18.7. The van der Waals surface area contributed by atoms with Gasteiger partial charge in [0.05, 0.1) is 13.2 Å². The molecule has 0 radical (unpaired) electrons. The molecule has 1 aliphatic heterocycles. The van der Waals surface area contributed by atoms with Gasteiger partial charge in [0.1, 0.15) is 11.4 Å². The first-order valence-corrected chi connectivity index (χ1v) is 9.00. The average molecular weight is 379 g/mol. The number of halogens is 1. The van der Waals surface area contributed by atoms with Gasteiger partial charge in [-0.15, -0.1) is 0 Å². The second-order valence-electron chi connectivity index (χ2n) is 6.13. The molecule has 0 aliphatic carbocycles. The zero-order valence-corrected chi connectivity index (χ0v) is 15.5. The molecular weight excluding hydrogens is 356 g/mol. The van der Waals surface area contributed by atoms with Gasteiger partial charge in [-0.25, -0.2) is 4.68 Å². The molecule has 3 rings (SSSR count). The Morgan fingerprint density at radius 3 is 2.92 bits per heavy atom. The van der Waals surface area contributed by atoms with E-state index in [0.29, 0.717) is 17.3 Å². The zero-order chi connectivity index (χ0) is 18.4. The fourth-order valence-corrected chi connectivity index (χ4v) is 2.93. The van der Waals surface area contributed by atoms with Crippen LogP contribution in [-0.4, -0.2) is 60.0 Å². The smallest absolute Gasteiger partial charge is 0.271 e. The SMILES string of the molecule is Cc1cc(Cl)ccc1OCn1ccc(C(=O)NCCN2CCOCC2)n1. The summed E-state index contributed by atoms with van der Waals surface area (Å²) >= 11 is 5.94. The van der Waals surface area contributed by atoms with E-state index in [1.165, 1.54) is 0 Å². The summed E-state index contributed by atoms with van der Waals surface area (Å²) in [4.78, 5) is 14.4. The van der Waals surface area contributed by atoms with E-state index < -0.39 is 0 Å². The number of aromatic nitrogens is 2. The van der Waals surface area contributed by atoms with Gasteiger partial charge in [-0.05, 0) is 36.8 Å². The van der Waals surface area contributed by atoms with E-state index in [1.54, 1.807) is 23.0 Å². The minimum absolute atomic E-state index is 0.181. The number of carbonyl (C=O) groups excluding carboxylic acids is 1. The van der Waals surface area contributed by atoms with Gasteiger partial charge in [0.25, 0.3) is 5.91 Å². The van der Waals surface area contributed by atoms with E-state index in [4.69, 9.17) is 21.1 Å². The van der Waals surface area contributed by atoms with Gasteiger partial charge < -0.3 is 14.8 Å². The molecule has 0 unspecified atom stereocenters. The molecule has 1 saturated heterocycles. The van der Waals surface area contributed by atoms with E-state index in [0.717, 1.165) is 44.2 Å². The highest BCUT2D eigenvalue weighted by Crippen LogP contribution is 2.21. The average Bonchev–Trinajstić information content (AvgIpc) is 3.11. The van der Waals surface area contributed by atoms with E-state index in [2.05, 4.69) is 15.3 Å². The van der Waals surface area contributed by atoms with E-state index in [1.807, 2.05) is 19.1 Å². The second kappa shape index (κ2) is 9.02. The number of carbonyl (C=O) groups is 1. The molecule has 1 aromatic heterocycles. The summed E-state index contributed by atoms with van der Waals surface area (Å²) in [5.74, 6) is 0.557. The highest BCUT2D eigenvalue weighted by molar-refractivity contribution is 6.30. The first-order chi connectivity index (χ1) is 12.6. The molecular formula is C18H23ClN4O3. The van der Waals surface area contributed by atoms with Gasteiger partial charge >= 0.3 is 0 Å². The summed E-state index contributed by atoms with van der Waals surface area (Å²) in [6, 6.07) is 7.12. The Hall–Kier alpha value is -2.09. The van der Waals surface area contributed by atoms with Crippen molar-refractivity contribution in [3.8, 4) is 5.75 Å². The Bertz CT molecular complexity index is 744. The topological polar surface area (TPSA) is 68.6 Å². The van der Waals surface area contributed by atoms with Crippen molar-refractivity contribution in [2.24, 2.45) is 0 Å². The number of benzene rings is 1. The van der Waals surface area contributed by atoms with Crippen molar-refractivity contribution in [1.82, 2.24) is 20.0 Å². The Balaban J connectivity index is 1.45. The minimum atomic E-state index is -0.181. The maximum Gasteiger partial charge on any atom is 0.271 e. The molecule has 2 heterocycles. The molecule has 1 aliphatic rings. The fraction of sp³-hybridized carbons (Fsp3) is 0.444. The number of amides is 1. The van der Waals surface area contributed by atoms with Crippen LogP contribution in [0.1, 0.15) is 16.1 Å². The number of nitrogens with zero attached hydrogens (tertiary/aromatic N) is 3. The van der Waals surface area contributed by atoms with Crippen LogP contribution in [0.3, 0.4) is 0 Å². The van der Waals surface area contributed by atoms with Crippen molar-refractivity contribution < 1.29 is 14.3 Å². The summed E-state index contributed by atoms with van der Waals surface area (Å²) in [6.07, 6.45) is 1.72. The van der Waals surface area contributed by atoms with E-state index in [9.17, 15) is 4.79 Å². The summed E-state index contributed by atoms with van der Waals surface area (Å²) in [6.45, 7) is 6.89. The van der Waals surface area contributed by atoms with Crippen LogP contribution < -0.4 is 10.1 Å². The first-order valence-electron chi connectivity index (χ1n) is 8.62. The number of hydrogen-bond donors (Lipinski definition) is 1. The maximum atomic E-state index is 12.2. The van der Waals surface area contributed by atoms with Crippen LogP contribution in [0.25, 0.3) is 0 Å². The normalized spacial score (nSPS) is 15.0. The third-order valence-electron chi connectivity index (χ3n) is 4.18. The molecule has 0 atom stereocenters. The van der Waals surface area contributed by atoms with Gasteiger partial charge in [-0.1, -0.05) is 11.6 Å². The van der Waals surface area contributed by atoms with Crippen molar-refractivity contribution in [3.05, 3.63) is 46.7 Å². The Morgan fingerprint density at radius 1 is 1.35 bits per heavy atom. The lowest BCUT2D eigenvalue weighted by Gasteiger charge is -2.26. The fourth-order valence-electron chi connectivity index (χ4n) is 2.71. The molecule has 26 heavy (non-hydrogen) atoms. The highest BCUT2D eigenvalue weighted by Gasteiger charge is 2.12. The molecule has 1 fully saturated rings. The molecule has 0 bridgehead atoms. The van der Waals surface area contributed by atoms with E-state index >= 15 is 0 Å². The molecule has 2 aromatic rings. The third-order valence-corrected chi connectivity index (χ3v) is 4.41. The monoisotopic (exact) mass is 378 g/mol. The summed E-state index contributed by atoms with van der Waals surface area (Å²) in [5, 5.41) is 7.83. The highest BCUT2D eigenvalue weighted by atomic mass is 35.5. The van der Waals surface area contributed by atoms with Gasteiger partial charge in [-0.2, -0.15) is 5.10 Å². The van der Waals surface area contributed by atoms with Crippen LogP contribution in [-0.2, 0) is 11.5 Å². The number of rotatable bonds is 7. The van der Waals surface area contributed by atoms with Crippen molar-refractivity contribution in [2.45, 2.75) is 13.7 Å². The Kier molecular flexibility index (Phi) is 6.49. The van der Waals surface area contributed by atoms with Crippen LogP contribution in [0.4, 0.5) is 0 Å². The summed E-state index contributed by atoms with van der Waals surface area (Å²) < 4.78 is 12.6.